The van der Waals surface area contributed by atoms with Crippen LogP contribution >= 0.6 is 0 Å². The monoisotopic (exact) mass is 557 g/mol. The van der Waals surface area contributed by atoms with Crippen molar-refractivity contribution < 1.29 is 22.8 Å². The molecule has 3 heterocycles. The number of amides is 2. The van der Waals surface area contributed by atoms with E-state index < -0.39 is 29.4 Å². The van der Waals surface area contributed by atoms with Crippen molar-refractivity contribution in [3.63, 3.8) is 0 Å². The molecule has 2 amide bonds. The van der Waals surface area contributed by atoms with Crippen molar-refractivity contribution in [3.8, 4) is 11.1 Å². The largest absolute Gasteiger partial charge is 0.355 e. The van der Waals surface area contributed by atoms with Gasteiger partial charge < -0.3 is 15.2 Å². The fourth-order valence-electron chi connectivity index (χ4n) is 4.84. The van der Waals surface area contributed by atoms with Crippen molar-refractivity contribution >= 4 is 22.7 Å². The molecule has 0 bridgehead atoms. The number of nitrogens with one attached hydrogen (secondary N) is 2. The van der Waals surface area contributed by atoms with Gasteiger partial charge in [0.25, 0.3) is 5.91 Å². The molecule has 208 valence electrons. The van der Waals surface area contributed by atoms with E-state index in [1.807, 2.05) is 19.1 Å². The first-order valence-corrected chi connectivity index (χ1v) is 12.8. The highest BCUT2D eigenvalue weighted by Gasteiger charge is 2.23. The number of benzene rings is 2. The van der Waals surface area contributed by atoms with E-state index in [2.05, 4.69) is 20.6 Å². The molecule has 0 unspecified atom stereocenters. The van der Waals surface area contributed by atoms with Crippen LogP contribution in [0.1, 0.15) is 33.4 Å². The molecule has 2 N–H and O–H groups in total. The molecule has 1 atom stereocenters. The lowest BCUT2D eigenvalue weighted by Gasteiger charge is -2.22. The number of rotatable bonds is 8. The normalized spacial score (nSPS) is 11.8. The van der Waals surface area contributed by atoms with Gasteiger partial charge in [0.2, 0.25) is 5.91 Å². The van der Waals surface area contributed by atoms with Crippen molar-refractivity contribution in [1.82, 2.24) is 25.2 Å². The third-order valence-corrected chi connectivity index (χ3v) is 6.72. The Kier molecular flexibility index (Phi) is 7.82. The third kappa shape index (κ3) is 6.11. The Hall–Kier alpha value is -4.99. The molecule has 0 spiro atoms. The van der Waals surface area contributed by atoms with E-state index in [0.29, 0.717) is 22.4 Å². The summed E-state index contributed by atoms with van der Waals surface area (Å²) in [7, 11) is 1.40. The lowest BCUT2D eigenvalue weighted by molar-refractivity contribution is -0.122. The van der Waals surface area contributed by atoms with Crippen LogP contribution in [0.4, 0.5) is 13.2 Å². The lowest BCUT2D eigenvalue weighted by Crippen LogP contribution is -2.33. The number of pyridine rings is 2. The Labute approximate surface area is 234 Å². The molecule has 0 radical (unpaired) electrons. The van der Waals surface area contributed by atoms with Gasteiger partial charge in [-0.3, -0.25) is 19.6 Å². The summed E-state index contributed by atoms with van der Waals surface area (Å²) in [5.41, 5.74) is 3.18. The van der Waals surface area contributed by atoms with E-state index in [4.69, 9.17) is 0 Å². The predicted molar refractivity (Wildman–Crippen MR) is 148 cm³/mol. The molecule has 0 aliphatic heterocycles. The quantitative estimate of drug-likeness (QED) is 0.272. The van der Waals surface area contributed by atoms with Crippen LogP contribution in [0.25, 0.3) is 22.0 Å². The second-order valence-electron chi connectivity index (χ2n) is 9.64. The van der Waals surface area contributed by atoms with Crippen LogP contribution in [-0.2, 0) is 17.8 Å². The topological polar surface area (TPSA) is 88.9 Å². The highest BCUT2D eigenvalue weighted by molar-refractivity contribution is 5.95. The zero-order valence-corrected chi connectivity index (χ0v) is 22.3. The summed E-state index contributed by atoms with van der Waals surface area (Å²) in [5, 5.41) is 6.27. The molecule has 0 saturated heterocycles. The number of carbonyl (C=O) groups excluding carboxylic acids is 2. The number of aromatic nitrogens is 3. The van der Waals surface area contributed by atoms with Crippen molar-refractivity contribution in [1.29, 1.82) is 0 Å². The van der Waals surface area contributed by atoms with Crippen LogP contribution in [-0.4, -0.2) is 33.4 Å². The SMILES string of the molecule is CNC(=O)c1cc(-c2cccnc2[C@H](Cc2cc(F)cc(F)c2)NC(=O)Cn2ccc3cnc(C)cc32)ccc1F. The highest BCUT2D eigenvalue weighted by Crippen LogP contribution is 2.30. The number of nitrogens with zero attached hydrogens (tertiary/aromatic N) is 3. The number of hydrogen-bond acceptors (Lipinski definition) is 4. The molecule has 7 nitrogen and oxygen atoms in total. The number of fused-ring (bicyclic) bond motifs is 1. The van der Waals surface area contributed by atoms with Crippen LogP contribution in [0.15, 0.2) is 79.3 Å². The Bertz CT molecular complexity index is 1750. The summed E-state index contributed by atoms with van der Waals surface area (Å²) >= 11 is 0. The molecule has 0 saturated carbocycles. The van der Waals surface area contributed by atoms with Crippen LogP contribution in [0.2, 0.25) is 0 Å². The lowest BCUT2D eigenvalue weighted by atomic mass is 9.94. The van der Waals surface area contributed by atoms with Crippen molar-refractivity contribution in [2.75, 3.05) is 7.05 Å². The van der Waals surface area contributed by atoms with Gasteiger partial charge in [0.1, 0.15) is 24.0 Å². The van der Waals surface area contributed by atoms with Crippen LogP contribution in [0, 0.1) is 24.4 Å². The molecule has 3 aromatic heterocycles. The van der Waals surface area contributed by atoms with Gasteiger partial charge in [-0.2, -0.15) is 0 Å². The zero-order chi connectivity index (χ0) is 29.1. The maximum Gasteiger partial charge on any atom is 0.254 e. The average molecular weight is 558 g/mol. The van der Waals surface area contributed by atoms with E-state index in [1.54, 1.807) is 29.1 Å². The second kappa shape index (κ2) is 11.6. The Morgan fingerprint density at radius 2 is 1.76 bits per heavy atom. The molecule has 5 rings (SSSR count). The summed E-state index contributed by atoms with van der Waals surface area (Å²) in [5.74, 6) is -3.14. The van der Waals surface area contributed by atoms with Gasteiger partial charge in [-0.25, -0.2) is 13.2 Å². The average Bonchev–Trinajstić information content (AvgIpc) is 3.33. The first-order chi connectivity index (χ1) is 19.7. The number of carbonyl (C=O) groups is 2. The minimum Gasteiger partial charge on any atom is -0.355 e. The molecular weight excluding hydrogens is 531 g/mol. The van der Waals surface area contributed by atoms with Gasteiger partial charge in [-0.1, -0.05) is 12.1 Å². The first kappa shape index (κ1) is 27.6. The molecule has 5 aromatic rings. The standard InChI is InChI=1S/C31H26F3N5O2/c1-18-10-28-21(16-37-18)7-9-39(28)17-29(40)38-27(13-19-11-22(32)15-23(33)12-19)30-24(4-3-8-36-30)20-5-6-26(34)25(14-20)31(41)35-2/h3-12,14-16,27H,13,17H2,1-2H3,(H,35,41)(H,38,40)/t27-/m0/s1. The molecule has 0 aliphatic carbocycles. The summed E-state index contributed by atoms with van der Waals surface area (Å²) < 4.78 is 44.4. The van der Waals surface area contributed by atoms with Gasteiger partial charge in [0.05, 0.1) is 22.8 Å². The summed E-state index contributed by atoms with van der Waals surface area (Å²) in [6.07, 6.45) is 5.07. The zero-order valence-electron chi connectivity index (χ0n) is 22.3. The van der Waals surface area contributed by atoms with Gasteiger partial charge in [0.15, 0.2) is 0 Å². The Balaban J connectivity index is 1.53. The fraction of sp³-hybridized carbons (Fsp3) is 0.161. The van der Waals surface area contributed by atoms with Crippen molar-refractivity contribution in [2.45, 2.75) is 25.9 Å². The van der Waals surface area contributed by atoms with Crippen LogP contribution in [0.5, 0.6) is 0 Å². The highest BCUT2D eigenvalue weighted by atomic mass is 19.1. The molecule has 0 aliphatic rings. The number of halogens is 3. The molecule has 2 aromatic carbocycles. The van der Waals surface area contributed by atoms with Crippen molar-refractivity contribution in [2.24, 2.45) is 0 Å². The third-order valence-electron chi connectivity index (χ3n) is 6.72. The fourth-order valence-corrected chi connectivity index (χ4v) is 4.84. The summed E-state index contributed by atoms with van der Waals surface area (Å²) in [6, 6.07) is 13.6. The second-order valence-corrected chi connectivity index (χ2v) is 9.64. The Morgan fingerprint density at radius 1 is 0.976 bits per heavy atom. The van der Waals surface area contributed by atoms with Gasteiger partial charge in [-0.05, 0) is 66.9 Å². The summed E-state index contributed by atoms with van der Waals surface area (Å²) in [4.78, 5) is 34.4. The number of hydrogen-bond donors (Lipinski definition) is 2. The van der Waals surface area contributed by atoms with Gasteiger partial charge >= 0.3 is 0 Å². The van der Waals surface area contributed by atoms with Gasteiger partial charge in [-0.15, -0.1) is 0 Å². The molecule has 10 heteroatoms. The Morgan fingerprint density at radius 3 is 2.51 bits per heavy atom. The maximum absolute atomic E-state index is 14.4. The molecular formula is C31H26F3N5O2. The van der Waals surface area contributed by atoms with E-state index in [-0.39, 0.29) is 24.4 Å². The predicted octanol–water partition coefficient (Wildman–Crippen LogP) is 5.28. The van der Waals surface area contributed by atoms with Crippen LogP contribution in [0.3, 0.4) is 0 Å². The van der Waals surface area contributed by atoms with E-state index in [1.165, 1.54) is 43.6 Å². The minimum absolute atomic E-state index is 0.0172. The first-order valence-electron chi connectivity index (χ1n) is 12.8. The summed E-state index contributed by atoms with van der Waals surface area (Å²) in [6.45, 7) is 1.83. The minimum atomic E-state index is -0.821. The van der Waals surface area contributed by atoms with E-state index in [0.717, 1.165) is 22.7 Å². The van der Waals surface area contributed by atoms with E-state index >= 15 is 0 Å². The van der Waals surface area contributed by atoms with E-state index in [9.17, 15) is 22.8 Å². The number of aryl methyl sites for hydroxylation is 1. The molecule has 41 heavy (non-hydrogen) atoms. The van der Waals surface area contributed by atoms with Crippen LogP contribution < -0.4 is 10.6 Å². The molecule has 0 fully saturated rings. The smallest absolute Gasteiger partial charge is 0.254 e. The van der Waals surface area contributed by atoms with Gasteiger partial charge in [0, 0.05) is 48.3 Å². The van der Waals surface area contributed by atoms with Crippen molar-refractivity contribution in [3.05, 3.63) is 119 Å². The maximum atomic E-state index is 14.4.